The molecule has 1 aliphatic heterocycles. The van der Waals surface area contributed by atoms with Gasteiger partial charge in [-0.3, -0.25) is 4.79 Å². The molecule has 1 fully saturated rings. The molecule has 2 heterocycles. The van der Waals surface area contributed by atoms with E-state index in [9.17, 15) is 9.59 Å². The number of rotatable bonds is 7. The SMILES string of the molecule is Cc1cccc(/C=C(/C(=O)OCC(=O)NC[C@@H]2CCCO2)c2cccs2)c1. The van der Waals surface area contributed by atoms with Crippen molar-refractivity contribution < 1.29 is 19.1 Å². The Hall–Kier alpha value is -2.44. The molecule has 0 aliphatic carbocycles. The van der Waals surface area contributed by atoms with Crippen molar-refractivity contribution in [3.63, 3.8) is 0 Å². The van der Waals surface area contributed by atoms with Gasteiger partial charge in [-0.15, -0.1) is 11.3 Å². The molecular weight excluding hydrogens is 362 g/mol. The lowest BCUT2D eigenvalue weighted by Gasteiger charge is -2.11. The van der Waals surface area contributed by atoms with Gasteiger partial charge in [0.05, 0.1) is 11.7 Å². The quantitative estimate of drug-likeness (QED) is 0.586. The van der Waals surface area contributed by atoms with Crippen LogP contribution in [-0.2, 0) is 19.1 Å². The summed E-state index contributed by atoms with van der Waals surface area (Å²) in [7, 11) is 0. The Morgan fingerprint density at radius 2 is 2.22 bits per heavy atom. The zero-order valence-electron chi connectivity index (χ0n) is 15.3. The van der Waals surface area contributed by atoms with Gasteiger partial charge in [0.2, 0.25) is 0 Å². The Balaban J connectivity index is 1.62. The smallest absolute Gasteiger partial charge is 0.340 e. The van der Waals surface area contributed by atoms with E-state index in [-0.39, 0.29) is 18.6 Å². The Morgan fingerprint density at radius 1 is 1.33 bits per heavy atom. The first-order valence-electron chi connectivity index (χ1n) is 8.99. The second-order valence-electron chi connectivity index (χ2n) is 6.46. The number of ether oxygens (including phenoxy) is 2. The molecule has 0 radical (unpaired) electrons. The summed E-state index contributed by atoms with van der Waals surface area (Å²) in [6.45, 7) is 2.89. The predicted molar refractivity (Wildman–Crippen MR) is 106 cm³/mol. The molecule has 1 amide bonds. The van der Waals surface area contributed by atoms with E-state index in [4.69, 9.17) is 9.47 Å². The van der Waals surface area contributed by atoms with Crippen molar-refractivity contribution in [2.75, 3.05) is 19.8 Å². The Kier molecular flexibility index (Phi) is 6.79. The first-order valence-corrected chi connectivity index (χ1v) is 9.87. The van der Waals surface area contributed by atoms with Gasteiger partial charge in [0.15, 0.2) is 6.61 Å². The van der Waals surface area contributed by atoms with Crippen LogP contribution < -0.4 is 5.32 Å². The highest BCUT2D eigenvalue weighted by molar-refractivity contribution is 7.11. The minimum atomic E-state index is -0.508. The van der Waals surface area contributed by atoms with Crippen LogP contribution in [0.3, 0.4) is 0 Å². The molecule has 1 saturated heterocycles. The summed E-state index contributed by atoms with van der Waals surface area (Å²) in [4.78, 5) is 25.4. The maximum Gasteiger partial charge on any atom is 0.340 e. The number of carbonyl (C=O) groups excluding carboxylic acids is 2. The van der Waals surface area contributed by atoms with Crippen LogP contribution in [0.5, 0.6) is 0 Å². The first-order chi connectivity index (χ1) is 13.1. The molecular formula is C21H23NO4S. The van der Waals surface area contributed by atoms with Crippen LogP contribution in [-0.4, -0.2) is 37.7 Å². The maximum absolute atomic E-state index is 12.6. The zero-order chi connectivity index (χ0) is 19.1. The van der Waals surface area contributed by atoms with Gasteiger partial charge in [0.1, 0.15) is 0 Å². The number of esters is 1. The molecule has 6 heteroatoms. The molecule has 1 aromatic heterocycles. The Labute approximate surface area is 163 Å². The van der Waals surface area contributed by atoms with Gasteiger partial charge in [-0.05, 0) is 42.9 Å². The molecule has 5 nitrogen and oxygen atoms in total. The number of hydrogen-bond acceptors (Lipinski definition) is 5. The summed E-state index contributed by atoms with van der Waals surface area (Å²) < 4.78 is 10.7. The molecule has 1 atom stereocenters. The minimum Gasteiger partial charge on any atom is -0.452 e. The number of hydrogen-bond donors (Lipinski definition) is 1. The molecule has 0 spiro atoms. The van der Waals surface area contributed by atoms with E-state index in [1.807, 2.05) is 48.7 Å². The molecule has 1 aliphatic rings. The lowest BCUT2D eigenvalue weighted by molar-refractivity contribution is -0.143. The highest BCUT2D eigenvalue weighted by atomic mass is 32.1. The van der Waals surface area contributed by atoms with Crippen molar-refractivity contribution in [1.29, 1.82) is 0 Å². The van der Waals surface area contributed by atoms with Crippen molar-refractivity contribution in [3.8, 4) is 0 Å². The summed E-state index contributed by atoms with van der Waals surface area (Å²) in [6, 6.07) is 11.6. The van der Waals surface area contributed by atoms with Crippen LogP contribution in [0, 0.1) is 6.92 Å². The number of amides is 1. The van der Waals surface area contributed by atoms with Crippen molar-refractivity contribution in [3.05, 3.63) is 57.8 Å². The van der Waals surface area contributed by atoms with Crippen molar-refractivity contribution in [2.24, 2.45) is 0 Å². The lowest BCUT2D eigenvalue weighted by Crippen LogP contribution is -2.34. The number of thiophene rings is 1. The van der Waals surface area contributed by atoms with Gasteiger partial charge in [0, 0.05) is 18.0 Å². The Morgan fingerprint density at radius 3 is 2.93 bits per heavy atom. The summed E-state index contributed by atoms with van der Waals surface area (Å²) in [6.07, 6.45) is 3.82. The summed E-state index contributed by atoms with van der Waals surface area (Å²) in [5.74, 6) is -0.828. The first kappa shape index (κ1) is 19.3. The maximum atomic E-state index is 12.6. The van der Waals surface area contributed by atoms with E-state index in [0.717, 1.165) is 35.5 Å². The number of benzene rings is 1. The Bertz CT molecular complexity index is 807. The van der Waals surface area contributed by atoms with Crippen LogP contribution in [0.4, 0.5) is 0 Å². The van der Waals surface area contributed by atoms with Crippen LogP contribution >= 0.6 is 11.3 Å². The predicted octanol–water partition coefficient (Wildman–Crippen LogP) is 3.44. The van der Waals surface area contributed by atoms with Crippen LogP contribution in [0.2, 0.25) is 0 Å². The fourth-order valence-corrected chi connectivity index (χ4v) is 3.61. The molecule has 2 aromatic rings. The van der Waals surface area contributed by atoms with E-state index in [2.05, 4.69) is 5.32 Å². The van der Waals surface area contributed by atoms with E-state index >= 15 is 0 Å². The second-order valence-corrected chi connectivity index (χ2v) is 7.41. The number of aryl methyl sites for hydroxylation is 1. The molecule has 0 unspecified atom stereocenters. The van der Waals surface area contributed by atoms with E-state index in [0.29, 0.717) is 12.1 Å². The third-order valence-corrected chi connectivity index (χ3v) is 5.15. The van der Waals surface area contributed by atoms with E-state index in [1.165, 1.54) is 11.3 Å². The van der Waals surface area contributed by atoms with E-state index in [1.54, 1.807) is 6.08 Å². The topological polar surface area (TPSA) is 64.6 Å². The molecule has 27 heavy (non-hydrogen) atoms. The van der Waals surface area contributed by atoms with Crippen LogP contribution in [0.25, 0.3) is 11.6 Å². The number of nitrogens with one attached hydrogen (secondary N) is 1. The summed E-state index contributed by atoms with van der Waals surface area (Å²) in [5.41, 5.74) is 2.47. The van der Waals surface area contributed by atoms with Gasteiger partial charge < -0.3 is 14.8 Å². The van der Waals surface area contributed by atoms with Crippen molar-refractivity contribution in [2.45, 2.75) is 25.9 Å². The minimum absolute atomic E-state index is 0.0625. The highest BCUT2D eigenvalue weighted by Crippen LogP contribution is 2.24. The average molecular weight is 385 g/mol. The van der Waals surface area contributed by atoms with Crippen molar-refractivity contribution in [1.82, 2.24) is 5.32 Å². The molecule has 142 valence electrons. The van der Waals surface area contributed by atoms with Gasteiger partial charge in [0.25, 0.3) is 5.91 Å². The standard InChI is InChI=1S/C21H23NO4S/c1-15-5-2-6-16(11-15)12-18(19-8-4-10-27-19)21(24)26-14-20(23)22-13-17-7-3-9-25-17/h2,4-6,8,10-12,17H,3,7,9,13-14H2,1H3,(H,22,23)/b18-12+/t17-/m0/s1. The molecule has 0 bridgehead atoms. The van der Waals surface area contributed by atoms with E-state index < -0.39 is 5.97 Å². The molecule has 1 N–H and O–H groups in total. The zero-order valence-corrected chi connectivity index (χ0v) is 16.1. The lowest BCUT2D eigenvalue weighted by atomic mass is 10.1. The monoisotopic (exact) mass is 385 g/mol. The second kappa shape index (κ2) is 9.48. The largest absolute Gasteiger partial charge is 0.452 e. The third kappa shape index (κ3) is 5.77. The molecule has 0 saturated carbocycles. The summed E-state index contributed by atoms with van der Waals surface area (Å²) in [5, 5.41) is 4.66. The molecule has 3 rings (SSSR count). The molecule has 1 aromatic carbocycles. The fourth-order valence-electron chi connectivity index (χ4n) is 2.88. The fraction of sp³-hybridized carbons (Fsp3) is 0.333. The van der Waals surface area contributed by atoms with Gasteiger partial charge in [-0.1, -0.05) is 35.9 Å². The highest BCUT2D eigenvalue weighted by Gasteiger charge is 2.19. The van der Waals surface area contributed by atoms with Crippen LogP contribution in [0.1, 0.15) is 28.8 Å². The van der Waals surface area contributed by atoms with Gasteiger partial charge in [-0.25, -0.2) is 4.79 Å². The average Bonchev–Trinajstić information content (AvgIpc) is 3.36. The third-order valence-electron chi connectivity index (χ3n) is 4.24. The van der Waals surface area contributed by atoms with Gasteiger partial charge in [-0.2, -0.15) is 0 Å². The van der Waals surface area contributed by atoms with Gasteiger partial charge >= 0.3 is 5.97 Å². The van der Waals surface area contributed by atoms with Crippen LogP contribution in [0.15, 0.2) is 41.8 Å². The summed E-state index contributed by atoms with van der Waals surface area (Å²) >= 11 is 1.46. The normalized spacial score (nSPS) is 16.9. The number of carbonyl (C=O) groups is 2. The van der Waals surface area contributed by atoms with Crippen molar-refractivity contribution >= 4 is 34.9 Å².